The van der Waals surface area contributed by atoms with Gasteiger partial charge in [0.15, 0.2) is 0 Å². The van der Waals surface area contributed by atoms with Crippen LogP contribution in [0.4, 0.5) is 0 Å². The molecule has 0 radical (unpaired) electrons. The van der Waals surface area contributed by atoms with Gasteiger partial charge in [-0.3, -0.25) is 4.79 Å². The number of hydrogen-bond acceptors (Lipinski definition) is 5. The predicted molar refractivity (Wildman–Crippen MR) is 132 cm³/mol. The van der Waals surface area contributed by atoms with Gasteiger partial charge in [-0.15, -0.1) is 0 Å². The summed E-state index contributed by atoms with van der Waals surface area (Å²) in [4.78, 5) is 22.2. The van der Waals surface area contributed by atoms with E-state index in [0.29, 0.717) is 23.9 Å². The molecule has 0 aliphatic heterocycles. The van der Waals surface area contributed by atoms with Crippen molar-refractivity contribution in [3.05, 3.63) is 83.2 Å². The number of carbonyl (C=O) groups excluding carboxylic acids is 1. The lowest BCUT2D eigenvalue weighted by molar-refractivity contribution is -0.119. The molecule has 34 heavy (non-hydrogen) atoms. The van der Waals surface area contributed by atoms with E-state index in [1.165, 1.54) is 6.08 Å². The molecule has 0 saturated heterocycles. The number of benzene rings is 1. The first-order valence-corrected chi connectivity index (χ1v) is 11.6. The molecule has 2 heterocycles. The first-order chi connectivity index (χ1) is 16.5. The van der Waals surface area contributed by atoms with Crippen molar-refractivity contribution in [3.8, 4) is 23.2 Å². The van der Waals surface area contributed by atoms with E-state index in [2.05, 4.69) is 21.4 Å². The Kier molecular flexibility index (Phi) is 7.03. The summed E-state index contributed by atoms with van der Waals surface area (Å²) in [5, 5.41) is 13.0. The first kappa shape index (κ1) is 23.2. The van der Waals surface area contributed by atoms with E-state index >= 15 is 0 Å². The third kappa shape index (κ3) is 4.99. The summed E-state index contributed by atoms with van der Waals surface area (Å²) >= 11 is 0. The number of rotatable bonds is 7. The van der Waals surface area contributed by atoms with Gasteiger partial charge in [0.25, 0.3) is 5.91 Å². The Bertz CT molecular complexity index is 1240. The predicted octanol–water partition coefficient (Wildman–Crippen LogP) is 5.34. The van der Waals surface area contributed by atoms with Crippen LogP contribution in [-0.4, -0.2) is 22.5 Å². The van der Waals surface area contributed by atoms with Crippen molar-refractivity contribution in [1.82, 2.24) is 15.3 Å². The Morgan fingerprint density at radius 2 is 1.94 bits per heavy atom. The highest BCUT2D eigenvalue weighted by Crippen LogP contribution is 2.39. The maximum Gasteiger partial charge on any atom is 0.262 e. The minimum absolute atomic E-state index is 0.0271. The maximum absolute atomic E-state index is 13.2. The quantitative estimate of drug-likeness (QED) is 0.386. The normalized spacial score (nSPS) is 14.9. The third-order valence-corrected chi connectivity index (χ3v) is 6.11. The van der Waals surface area contributed by atoms with E-state index in [-0.39, 0.29) is 11.5 Å². The van der Waals surface area contributed by atoms with Crippen LogP contribution in [0.25, 0.3) is 17.3 Å². The number of nitriles is 1. The van der Waals surface area contributed by atoms with E-state index in [9.17, 15) is 10.1 Å². The van der Waals surface area contributed by atoms with Crippen LogP contribution in [0.3, 0.4) is 0 Å². The van der Waals surface area contributed by atoms with Gasteiger partial charge in [0.05, 0.1) is 29.1 Å². The molecule has 1 aliphatic rings. The molecule has 0 atom stereocenters. The van der Waals surface area contributed by atoms with Gasteiger partial charge >= 0.3 is 0 Å². The Morgan fingerprint density at radius 3 is 2.65 bits per heavy atom. The van der Waals surface area contributed by atoms with Gasteiger partial charge in [-0.25, -0.2) is 9.97 Å². The van der Waals surface area contributed by atoms with Gasteiger partial charge in [-0.05, 0) is 62.1 Å². The Balaban J connectivity index is 1.63. The SMILES string of the molecule is CCOc1ncc(C)cc1-c1cccc(/C=C(\C#N)C(=O)NC2(c3ccccc3)CCCC2)n1. The number of aryl methyl sites for hydroxylation is 1. The molecule has 1 aromatic carbocycles. The molecule has 6 nitrogen and oxygen atoms in total. The van der Waals surface area contributed by atoms with Crippen molar-refractivity contribution >= 4 is 12.0 Å². The largest absolute Gasteiger partial charge is 0.477 e. The molecular weight excluding hydrogens is 424 g/mol. The van der Waals surface area contributed by atoms with Crippen molar-refractivity contribution in [2.45, 2.75) is 45.1 Å². The zero-order valence-electron chi connectivity index (χ0n) is 19.5. The van der Waals surface area contributed by atoms with E-state index in [0.717, 1.165) is 42.4 Å². The van der Waals surface area contributed by atoms with Gasteiger partial charge in [-0.2, -0.15) is 5.26 Å². The number of hydrogen-bond donors (Lipinski definition) is 1. The minimum Gasteiger partial charge on any atom is -0.477 e. The van der Waals surface area contributed by atoms with Crippen molar-refractivity contribution < 1.29 is 9.53 Å². The fourth-order valence-corrected chi connectivity index (χ4v) is 4.48. The maximum atomic E-state index is 13.2. The van der Waals surface area contributed by atoms with Crippen LogP contribution >= 0.6 is 0 Å². The standard InChI is InChI=1S/C28H28N4O2/c1-3-34-27-24(16-20(2)19-30-27)25-13-9-12-23(31-25)17-21(18-29)26(33)32-28(14-7-8-15-28)22-10-5-4-6-11-22/h4-6,9-13,16-17,19H,3,7-8,14-15H2,1-2H3,(H,32,33)/b21-17+. The average Bonchev–Trinajstić information content (AvgIpc) is 3.34. The number of ether oxygens (including phenoxy) is 1. The Hall–Kier alpha value is -3.98. The molecule has 172 valence electrons. The molecule has 1 saturated carbocycles. The fraction of sp³-hybridized carbons (Fsp3) is 0.286. The van der Waals surface area contributed by atoms with Crippen molar-refractivity contribution in [2.75, 3.05) is 6.61 Å². The second kappa shape index (κ2) is 10.3. The monoisotopic (exact) mass is 452 g/mol. The van der Waals surface area contributed by atoms with Crippen LogP contribution in [0.5, 0.6) is 5.88 Å². The number of nitrogens with one attached hydrogen (secondary N) is 1. The minimum atomic E-state index is -0.441. The Labute approximate surface area is 200 Å². The lowest BCUT2D eigenvalue weighted by atomic mass is 9.88. The van der Waals surface area contributed by atoms with Crippen LogP contribution in [0.2, 0.25) is 0 Å². The number of nitrogens with zero attached hydrogens (tertiary/aromatic N) is 3. The summed E-state index contributed by atoms with van der Waals surface area (Å²) in [6, 6.07) is 19.5. The second-order valence-electron chi connectivity index (χ2n) is 8.53. The lowest BCUT2D eigenvalue weighted by Crippen LogP contribution is -2.44. The van der Waals surface area contributed by atoms with Gasteiger partial charge in [0.1, 0.15) is 11.6 Å². The molecule has 1 aliphatic carbocycles. The zero-order chi connectivity index (χ0) is 24.0. The molecule has 4 rings (SSSR count). The van der Waals surface area contributed by atoms with Crippen LogP contribution in [0.15, 0.2) is 66.4 Å². The molecule has 3 aromatic rings. The second-order valence-corrected chi connectivity index (χ2v) is 8.53. The summed E-state index contributed by atoms with van der Waals surface area (Å²) < 4.78 is 5.67. The molecule has 0 bridgehead atoms. The van der Waals surface area contributed by atoms with E-state index < -0.39 is 5.54 Å². The lowest BCUT2D eigenvalue weighted by Gasteiger charge is -2.31. The van der Waals surface area contributed by atoms with Crippen LogP contribution in [-0.2, 0) is 10.3 Å². The summed E-state index contributed by atoms with van der Waals surface area (Å²) in [5.74, 6) is 0.124. The summed E-state index contributed by atoms with van der Waals surface area (Å²) in [6.07, 6.45) is 7.08. The number of aromatic nitrogens is 2. The number of carbonyl (C=O) groups is 1. The van der Waals surface area contributed by atoms with Crippen LogP contribution in [0.1, 0.15) is 49.4 Å². The topological polar surface area (TPSA) is 87.9 Å². The van der Waals surface area contributed by atoms with Gasteiger partial charge in [0.2, 0.25) is 5.88 Å². The van der Waals surface area contributed by atoms with Gasteiger partial charge < -0.3 is 10.1 Å². The Morgan fingerprint density at radius 1 is 1.18 bits per heavy atom. The van der Waals surface area contributed by atoms with E-state index in [4.69, 9.17) is 4.74 Å². The summed E-state index contributed by atoms with van der Waals surface area (Å²) in [5.41, 5.74) is 3.61. The number of pyridine rings is 2. The first-order valence-electron chi connectivity index (χ1n) is 11.6. The smallest absolute Gasteiger partial charge is 0.262 e. The van der Waals surface area contributed by atoms with Crippen molar-refractivity contribution in [2.24, 2.45) is 0 Å². The van der Waals surface area contributed by atoms with E-state index in [1.54, 1.807) is 12.3 Å². The highest BCUT2D eigenvalue weighted by molar-refractivity contribution is 6.02. The molecule has 2 aromatic heterocycles. The summed E-state index contributed by atoms with van der Waals surface area (Å²) in [6.45, 7) is 4.35. The van der Waals surface area contributed by atoms with Gasteiger partial charge in [0, 0.05) is 6.20 Å². The van der Waals surface area contributed by atoms with Gasteiger partial charge in [-0.1, -0.05) is 49.2 Å². The fourth-order valence-electron chi connectivity index (χ4n) is 4.48. The molecular formula is C28H28N4O2. The highest BCUT2D eigenvalue weighted by atomic mass is 16.5. The van der Waals surface area contributed by atoms with Crippen LogP contribution < -0.4 is 10.1 Å². The summed E-state index contributed by atoms with van der Waals surface area (Å²) in [7, 11) is 0. The van der Waals surface area contributed by atoms with E-state index in [1.807, 2.05) is 62.4 Å². The third-order valence-electron chi connectivity index (χ3n) is 6.11. The van der Waals surface area contributed by atoms with Crippen molar-refractivity contribution in [1.29, 1.82) is 5.26 Å². The van der Waals surface area contributed by atoms with Crippen molar-refractivity contribution in [3.63, 3.8) is 0 Å². The molecule has 1 amide bonds. The molecule has 1 N–H and O–H groups in total. The van der Waals surface area contributed by atoms with Crippen LogP contribution in [0, 0.1) is 18.3 Å². The molecule has 6 heteroatoms. The molecule has 1 fully saturated rings. The number of amides is 1. The zero-order valence-corrected chi connectivity index (χ0v) is 19.5. The molecule has 0 spiro atoms. The molecule has 0 unspecified atom stereocenters. The highest BCUT2D eigenvalue weighted by Gasteiger charge is 2.37. The average molecular weight is 453 g/mol.